The number of hydrogen-bond acceptors (Lipinski definition) is 4. The van der Waals surface area contributed by atoms with Crippen LogP contribution in [0.5, 0.6) is 0 Å². The van der Waals surface area contributed by atoms with Gasteiger partial charge < -0.3 is 11.1 Å². The molecular formula is C18H23ClN6. The molecule has 7 heteroatoms. The average Bonchev–Trinajstić information content (AvgIpc) is 2.94. The van der Waals surface area contributed by atoms with E-state index in [0.29, 0.717) is 16.8 Å². The van der Waals surface area contributed by atoms with E-state index in [1.807, 2.05) is 0 Å². The van der Waals surface area contributed by atoms with E-state index in [4.69, 9.17) is 17.3 Å². The Labute approximate surface area is 152 Å². The summed E-state index contributed by atoms with van der Waals surface area (Å²) in [6, 6.07) is 4.26. The van der Waals surface area contributed by atoms with Crippen molar-refractivity contribution in [3.63, 3.8) is 0 Å². The van der Waals surface area contributed by atoms with Crippen molar-refractivity contribution in [1.82, 2.24) is 15.1 Å². The first-order valence-corrected chi connectivity index (χ1v) is 8.79. The smallest absolute Gasteiger partial charge is 0.152 e. The van der Waals surface area contributed by atoms with E-state index < -0.39 is 0 Å². The average molecular weight is 359 g/mol. The molecule has 1 aliphatic rings. The van der Waals surface area contributed by atoms with Crippen molar-refractivity contribution >= 4 is 35.5 Å². The zero-order valence-electron chi connectivity index (χ0n) is 14.5. The summed E-state index contributed by atoms with van der Waals surface area (Å²) in [5.74, 6) is 0.562. The normalized spacial score (nSPS) is 16.3. The summed E-state index contributed by atoms with van der Waals surface area (Å²) in [5.41, 5.74) is 10.5. The van der Waals surface area contributed by atoms with E-state index >= 15 is 0 Å². The maximum absolute atomic E-state index is 6.17. The molecule has 0 spiro atoms. The molecule has 0 radical (unpaired) electrons. The minimum Gasteiger partial charge on any atom is -0.390 e. The third kappa shape index (κ3) is 3.91. The van der Waals surface area contributed by atoms with Gasteiger partial charge in [-0.2, -0.15) is 5.10 Å². The van der Waals surface area contributed by atoms with Crippen LogP contribution in [0.4, 0.5) is 11.4 Å². The molecule has 2 aromatic rings. The first-order valence-electron chi connectivity index (χ1n) is 8.41. The predicted molar refractivity (Wildman–Crippen MR) is 104 cm³/mol. The van der Waals surface area contributed by atoms with Gasteiger partial charge in [0.1, 0.15) is 5.69 Å². The number of benzene rings is 1. The van der Waals surface area contributed by atoms with Crippen LogP contribution in [-0.2, 0) is 7.05 Å². The summed E-state index contributed by atoms with van der Waals surface area (Å²) in [6.45, 7) is 4.26. The van der Waals surface area contributed by atoms with E-state index in [9.17, 15) is 0 Å². The van der Waals surface area contributed by atoms with Crippen molar-refractivity contribution in [2.75, 3.05) is 13.1 Å². The zero-order valence-corrected chi connectivity index (χ0v) is 15.3. The van der Waals surface area contributed by atoms with Crippen molar-refractivity contribution in [1.29, 1.82) is 0 Å². The number of nitrogens with one attached hydrogen (secondary N) is 1. The Balaban J connectivity index is 1.95. The SMILES string of the molecule is Cc1cc(C=Nc2cnn(C)c2Cl)c(N=CN)cc1C1CCNCC1. The molecule has 25 heavy (non-hydrogen) atoms. The fourth-order valence-corrected chi connectivity index (χ4v) is 3.38. The number of aliphatic imine (C=N–C) groups is 2. The van der Waals surface area contributed by atoms with Crippen LogP contribution in [0.15, 0.2) is 28.3 Å². The third-order valence-electron chi connectivity index (χ3n) is 4.60. The fraction of sp³-hybridized carbons (Fsp3) is 0.389. The maximum atomic E-state index is 6.17. The van der Waals surface area contributed by atoms with Gasteiger partial charge in [-0.05, 0) is 62.0 Å². The Hall–Kier alpha value is -2.18. The highest BCUT2D eigenvalue weighted by molar-refractivity contribution is 6.32. The molecule has 0 bridgehead atoms. The monoisotopic (exact) mass is 358 g/mol. The second-order valence-corrected chi connectivity index (χ2v) is 6.63. The molecule has 0 atom stereocenters. The van der Waals surface area contributed by atoms with Crippen LogP contribution < -0.4 is 11.1 Å². The molecule has 1 fully saturated rings. The number of rotatable bonds is 4. The second-order valence-electron chi connectivity index (χ2n) is 6.27. The van der Waals surface area contributed by atoms with Gasteiger partial charge in [-0.1, -0.05) is 11.6 Å². The fourth-order valence-electron chi connectivity index (χ4n) is 3.24. The highest BCUT2D eigenvalue weighted by Crippen LogP contribution is 2.33. The largest absolute Gasteiger partial charge is 0.390 e. The number of hydrogen-bond donors (Lipinski definition) is 2. The van der Waals surface area contributed by atoms with Gasteiger partial charge in [0.15, 0.2) is 5.15 Å². The van der Waals surface area contributed by atoms with Crippen LogP contribution in [0, 0.1) is 6.92 Å². The molecule has 3 rings (SSSR count). The van der Waals surface area contributed by atoms with E-state index in [0.717, 1.165) is 37.2 Å². The van der Waals surface area contributed by atoms with Gasteiger partial charge in [-0.25, -0.2) is 4.99 Å². The van der Waals surface area contributed by atoms with Gasteiger partial charge in [0.25, 0.3) is 0 Å². The minimum absolute atomic E-state index is 0.503. The molecule has 0 saturated carbocycles. The molecule has 1 saturated heterocycles. The Morgan fingerprint density at radius 1 is 1.28 bits per heavy atom. The molecule has 132 valence electrons. The van der Waals surface area contributed by atoms with Crippen LogP contribution in [-0.4, -0.2) is 35.4 Å². The molecule has 0 unspecified atom stereocenters. The topological polar surface area (TPSA) is 80.6 Å². The second kappa shape index (κ2) is 7.80. The van der Waals surface area contributed by atoms with Crippen LogP contribution in [0.3, 0.4) is 0 Å². The first-order chi connectivity index (χ1) is 12.1. The highest BCUT2D eigenvalue weighted by atomic mass is 35.5. The number of halogens is 1. The summed E-state index contributed by atoms with van der Waals surface area (Å²) in [4.78, 5) is 8.79. The maximum Gasteiger partial charge on any atom is 0.152 e. The summed E-state index contributed by atoms with van der Waals surface area (Å²) < 4.78 is 1.58. The molecular weight excluding hydrogens is 336 g/mol. The lowest BCUT2D eigenvalue weighted by Gasteiger charge is -2.25. The molecule has 0 amide bonds. The van der Waals surface area contributed by atoms with Gasteiger partial charge >= 0.3 is 0 Å². The molecule has 1 aromatic carbocycles. The lowest BCUT2D eigenvalue weighted by molar-refractivity contribution is 0.459. The molecule has 6 nitrogen and oxygen atoms in total. The zero-order chi connectivity index (χ0) is 17.8. The van der Waals surface area contributed by atoms with Crippen molar-refractivity contribution in [3.8, 4) is 0 Å². The molecule has 3 N–H and O–H groups in total. The van der Waals surface area contributed by atoms with Crippen molar-refractivity contribution < 1.29 is 0 Å². The summed E-state index contributed by atoms with van der Waals surface area (Å²) in [6.07, 6.45) is 7.02. The van der Waals surface area contributed by atoms with Crippen LogP contribution in [0.1, 0.15) is 35.4 Å². The van der Waals surface area contributed by atoms with Crippen molar-refractivity contribution in [2.24, 2.45) is 22.8 Å². The highest BCUT2D eigenvalue weighted by Gasteiger charge is 2.18. The van der Waals surface area contributed by atoms with E-state index in [1.165, 1.54) is 17.5 Å². The molecule has 2 heterocycles. The minimum atomic E-state index is 0.503. The molecule has 1 aromatic heterocycles. The van der Waals surface area contributed by atoms with Crippen LogP contribution in [0.25, 0.3) is 0 Å². The Morgan fingerprint density at radius 2 is 2.04 bits per heavy atom. The van der Waals surface area contributed by atoms with Gasteiger partial charge in [0.05, 0.1) is 18.2 Å². The van der Waals surface area contributed by atoms with Crippen molar-refractivity contribution in [2.45, 2.75) is 25.7 Å². The van der Waals surface area contributed by atoms with Crippen LogP contribution >= 0.6 is 11.6 Å². The van der Waals surface area contributed by atoms with E-state index in [-0.39, 0.29) is 0 Å². The quantitative estimate of drug-likeness (QED) is 0.650. The third-order valence-corrected chi connectivity index (χ3v) is 5.04. The number of aryl methyl sites for hydroxylation is 2. The molecule has 1 aliphatic heterocycles. The summed E-state index contributed by atoms with van der Waals surface area (Å²) >= 11 is 6.17. The number of aromatic nitrogens is 2. The Bertz CT molecular complexity index is 802. The van der Waals surface area contributed by atoms with Gasteiger partial charge in [-0.15, -0.1) is 0 Å². The number of nitrogens with two attached hydrogens (primary N) is 1. The number of piperidine rings is 1. The summed E-state index contributed by atoms with van der Waals surface area (Å²) in [5, 5.41) is 8.01. The van der Waals surface area contributed by atoms with Gasteiger partial charge in [-0.3, -0.25) is 9.67 Å². The van der Waals surface area contributed by atoms with Crippen molar-refractivity contribution in [3.05, 3.63) is 40.2 Å². The van der Waals surface area contributed by atoms with E-state index in [2.05, 4.69) is 39.5 Å². The Morgan fingerprint density at radius 3 is 2.68 bits per heavy atom. The number of nitrogens with zero attached hydrogens (tertiary/aromatic N) is 4. The van der Waals surface area contributed by atoms with Gasteiger partial charge in [0.2, 0.25) is 0 Å². The first kappa shape index (κ1) is 17.6. The van der Waals surface area contributed by atoms with E-state index in [1.54, 1.807) is 24.1 Å². The summed E-state index contributed by atoms with van der Waals surface area (Å²) in [7, 11) is 1.78. The predicted octanol–water partition coefficient (Wildman–Crippen LogP) is 3.22. The lowest BCUT2D eigenvalue weighted by atomic mass is 9.86. The Kier molecular flexibility index (Phi) is 5.50. The standard InChI is InChI=1S/C18H23ClN6/c1-12-7-14(9-22-17-10-24-25(2)18(17)19)16(23-11-20)8-15(12)13-3-5-21-6-4-13/h7-11,13,21H,3-6H2,1-2H3,(H2,20,23). The van der Waals surface area contributed by atoms with Crippen LogP contribution in [0.2, 0.25) is 5.15 Å². The van der Waals surface area contributed by atoms with Gasteiger partial charge in [0, 0.05) is 18.8 Å². The molecule has 0 aliphatic carbocycles. The lowest BCUT2D eigenvalue weighted by Crippen LogP contribution is -2.27.